The summed E-state index contributed by atoms with van der Waals surface area (Å²) in [6, 6.07) is 16.6. The van der Waals surface area contributed by atoms with Crippen molar-refractivity contribution in [3.8, 4) is 5.75 Å². The Hall–Kier alpha value is -3.35. The lowest BCUT2D eigenvalue weighted by molar-refractivity contribution is -0.118. The predicted octanol–water partition coefficient (Wildman–Crippen LogP) is 4.85. The van der Waals surface area contributed by atoms with Gasteiger partial charge in [0, 0.05) is 11.8 Å². The minimum atomic E-state index is -1.70. The van der Waals surface area contributed by atoms with Gasteiger partial charge in [-0.3, -0.25) is 4.79 Å². The summed E-state index contributed by atoms with van der Waals surface area (Å²) in [5, 5.41) is 2.57. The summed E-state index contributed by atoms with van der Waals surface area (Å²) < 4.78 is 58.2. The predicted molar refractivity (Wildman–Crippen MR) is 96.1 cm³/mol. The van der Waals surface area contributed by atoms with Crippen molar-refractivity contribution >= 4 is 11.6 Å². The van der Waals surface area contributed by atoms with Crippen LogP contribution in [0.2, 0.25) is 0 Å². The summed E-state index contributed by atoms with van der Waals surface area (Å²) in [4.78, 5) is 12.1. The molecule has 0 spiro atoms. The molecule has 3 aromatic carbocycles. The first-order valence-electron chi connectivity index (χ1n) is 8.33. The number of hydrogen-bond donors (Lipinski definition) is 1. The molecule has 0 aliphatic carbocycles. The molecule has 7 heteroatoms. The molecule has 1 amide bonds. The van der Waals surface area contributed by atoms with Crippen molar-refractivity contribution in [1.29, 1.82) is 0 Å². The molecule has 0 saturated carbocycles. The number of anilines is 1. The van der Waals surface area contributed by atoms with Crippen LogP contribution in [0.1, 0.15) is 11.1 Å². The molecular formula is C21H15F4NO2. The maximum atomic E-state index is 13.6. The van der Waals surface area contributed by atoms with Crippen LogP contribution in [0.25, 0.3) is 0 Å². The molecule has 28 heavy (non-hydrogen) atoms. The lowest BCUT2D eigenvalue weighted by Crippen LogP contribution is -2.22. The Balaban J connectivity index is 1.70. The fraction of sp³-hybridized carbons (Fsp3) is 0.0952. The van der Waals surface area contributed by atoms with Crippen LogP contribution in [-0.2, 0) is 11.2 Å². The largest absolute Gasteiger partial charge is 0.477 e. The van der Waals surface area contributed by atoms with E-state index in [1.807, 2.05) is 42.5 Å². The zero-order valence-corrected chi connectivity index (χ0v) is 14.5. The van der Waals surface area contributed by atoms with Crippen molar-refractivity contribution in [3.63, 3.8) is 0 Å². The van der Waals surface area contributed by atoms with Gasteiger partial charge in [-0.05, 0) is 23.6 Å². The lowest BCUT2D eigenvalue weighted by Gasteiger charge is -2.13. The van der Waals surface area contributed by atoms with Crippen LogP contribution >= 0.6 is 0 Å². The minimum Gasteiger partial charge on any atom is -0.477 e. The number of carbonyl (C=O) groups excluding carboxylic acids is 1. The van der Waals surface area contributed by atoms with Crippen LogP contribution < -0.4 is 10.1 Å². The van der Waals surface area contributed by atoms with E-state index in [1.165, 1.54) is 0 Å². The molecule has 0 radical (unpaired) electrons. The summed E-state index contributed by atoms with van der Waals surface area (Å²) in [5.74, 6) is -8.62. The molecule has 0 fully saturated rings. The maximum Gasteiger partial charge on any atom is 0.262 e. The van der Waals surface area contributed by atoms with Gasteiger partial charge in [0.2, 0.25) is 11.6 Å². The van der Waals surface area contributed by atoms with Gasteiger partial charge >= 0.3 is 0 Å². The van der Waals surface area contributed by atoms with Gasteiger partial charge in [0.1, 0.15) is 0 Å². The summed E-state index contributed by atoms with van der Waals surface area (Å²) in [7, 11) is 0. The number of benzene rings is 3. The van der Waals surface area contributed by atoms with Gasteiger partial charge in [0.05, 0.1) is 0 Å². The number of carbonyl (C=O) groups is 1. The van der Waals surface area contributed by atoms with Crippen LogP contribution in [0, 0.1) is 23.3 Å². The van der Waals surface area contributed by atoms with Crippen molar-refractivity contribution in [2.45, 2.75) is 6.42 Å². The van der Waals surface area contributed by atoms with Gasteiger partial charge in [0.25, 0.3) is 5.91 Å². The van der Waals surface area contributed by atoms with Crippen molar-refractivity contribution < 1.29 is 27.1 Å². The third kappa shape index (κ3) is 4.49. The van der Waals surface area contributed by atoms with E-state index in [9.17, 15) is 22.4 Å². The Morgan fingerprint density at radius 1 is 0.857 bits per heavy atom. The molecule has 0 aliphatic heterocycles. The average molecular weight is 389 g/mol. The highest BCUT2D eigenvalue weighted by Crippen LogP contribution is 2.26. The van der Waals surface area contributed by atoms with Crippen LogP contribution in [-0.4, -0.2) is 12.5 Å². The van der Waals surface area contributed by atoms with Crippen molar-refractivity contribution in [2.24, 2.45) is 0 Å². The lowest BCUT2D eigenvalue weighted by atomic mass is 10.0. The van der Waals surface area contributed by atoms with Crippen molar-refractivity contribution in [3.05, 3.63) is 95.1 Å². The van der Waals surface area contributed by atoms with Crippen LogP contribution in [0.5, 0.6) is 5.75 Å². The molecule has 1 N–H and O–H groups in total. The van der Waals surface area contributed by atoms with Crippen molar-refractivity contribution in [1.82, 2.24) is 0 Å². The number of rotatable bonds is 6. The highest BCUT2D eigenvalue weighted by Gasteiger charge is 2.21. The molecule has 144 valence electrons. The number of hydrogen-bond acceptors (Lipinski definition) is 2. The van der Waals surface area contributed by atoms with Gasteiger partial charge in [0.15, 0.2) is 24.0 Å². The highest BCUT2D eigenvalue weighted by molar-refractivity contribution is 5.92. The van der Waals surface area contributed by atoms with Crippen LogP contribution in [0.15, 0.2) is 60.7 Å². The minimum absolute atomic E-state index is 0.0669. The summed E-state index contributed by atoms with van der Waals surface area (Å²) in [6.07, 6.45) is 0.552. The second-order valence-electron chi connectivity index (χ2n) is 5.95. The molecule has 0 heterocycles. The Bertz CT molecular complexity index is 967. The Labute approximate surface area is 158 Å². The molecule has 3 aromatic rings. The summed E-state index contributed by atoms with van der Waals surface area (Å²) in [5.41, 5.74) is 2.34. The number of amides is 1. The molecule has 0 aromatic heterocycles. The van der Waals surface area contributed by atoms with E-state index in [2.05, 4.69) is 10.1 Å². The van der Waals surface area contributed by atoms with Crippen LogP contribution in [0.4, 0.5) is 23.2 Å². The Morgan fingerprint density at radius 3 is 2.14 bits per heavy atom. The van der Waals surface area contributed by atoms with E-state index in [0.717, 1.165) is 11.1 Å². The van der Waals surface area contributed by atoms with E-state index in [0.29, 0.717) is 12.1 Å². The fourth-order valence-electron chi connectivity index (χ4n) is 2.61. The SMILES string of the molecule is O=C(COc1c(F)c(F)cc(F)c1F)Nc1ccccc1Cc1ccccc1. The smallest absolute Gasteiger partial charge is 0.262 e. The van der Waals surface area contributed by atoms with E-state index < -0.39 is 41.5 Å². The van der Waals surface area contributed by atoms with Gasteiger partial charge in [-0.15, -0.1) is 0 Å². The number of nitrogens with one attached hydrogen (secondary N) is 1. The molecule has 0 unspecified atom stereocenters. The number of para-hydroxylation sites is 1. The number of halogens is 4. The van der Waals surface area contributed by atoms with E-state index >= 15 is 0 Å². The molecule has 0 bridgehead atoms. The zero-order valence-electron chi connectivity index (χ0n) is 14.5. The van der Waals surface area contributed by atoms with Crippen molar-refractivity contribution in [2.75, 3.05) is 11.9 Å². The highest BCUT2D eigenvalue weighted by atomic mass is 19.2. The zero-order chi connectivity index (χ0) is 20.1. The topological polar surface area (TPSA) is 38.3 Å². The summed E-state index contributed by atoms with van der Waals surface area (Å²) >= 11 is 0. The van der Waals surface area contributed by atoms with Gasteiger partial charge in [-0.1, -0.05) is 48.5 Å². The first-order chi connectivity index (χ1) is 13.5. The fourth-order valence-corrected chi connectivity index (χ4v) is 2.61. The molecule has 0 saturated heterocycles. The Kier molecular flexibility index (Phi) is 5.93. The first kappa shape index (κ1) is 19.4. The van der Waals surface area contributed by atoms with Crippen LogP contribution in [0.3, 0.4) is 0 Å². The maximum absolute atomic E-state index is 13.6. The molecule has 3 nitrogen and oxygen atoms in total. The second kappa shape index (κ2) is 8.56. The average Bonchev–Trinajstić information content (AvgIpc) is 2.69. The monoisotopic (exact) mass is 389 g/mol. The summed E-state index contributed by atoms with van der Waals surface area (Å²) in [6.45, 7) is -0.823. The van der Waals surface area contributed by atoms with E-state index in [4.69, 9.17) is 0 Å². The third-order valence-corrected chi connectivity index (χ3v) is 3.95. The molecule has 0 aliphatic rings. The quantitative estimate of drug-likeness (QED) is 0.483. The molecule has 3 rings (SSSR count). The van der Waals surface area contributed by atoms with Gasteiger partial charge < -0.3 is 10.1 Å². The standard InChI is InChI=1S/C21H15F4NO2/c22-15-11-16(23)20(25)21(19(15)24)28-12-18(27)26-17-9-5-4-8-14(17)10-13-6-2-1-3-7-13/h1-9,11H,10,12H2,(H,26,27). The Morgan fingerprint density at radius 2 is 1.46 bits per heavy atom. The van der Waals surface area contributed by atoms with Gasteiger partial charge in [-0.2, -0.15) is 8.78 Å². The second-order valence-corrected chi connectivity index (χ2v) is 5.95. The molecule has 0 atom stereocenters. The first-order valence-corrected chi connectivity index (χ1v) is 8.33. The van der Waals surface area contributed by atoms with E-state index in [-0.39, 0.29) is 6.07 Å². The van der Waals surface area contributed by atoms with Gasteiger partial charge in [-0.25, -0.2) is 8.78 Å². The normalized spacial score (nSPS) is 10.6. The number of ether oxygens (including phenoxy) is 1. The van der Waals surface area contributed by atoms with E-state index in [1.54, 1.807) is 12.1 Å². The third-order valence-electron chi connectivity index (χ3n) is 3.95. The molecular weight excluding hydrogens is 374 g/mol.